The molecule has 0 fully saturated rings. The van der Waals surface area contributed by atoms with Crippen molar-refractivity contribution in [2.45, 2.75) is 309 Å². The number of aldehydes is 1. The molecule has 11 nitrogen and oxygen atoms in total. The summed E-state index contributed by atoms with van der Waals surface area (Å²) in [6.45, 7) is 6.09. The second kappa shape index (κ2) is 66.1. The van der Waals surface area contributed by atoms with E-state index in [-0.39, 0.29) is 6.29 Å². The molecule has 0 spiro atoms. The van der Waals surface area contributed by atoms with Gasteiger partial charge in [-0.25, -0.2) is 0 Å². The molecule has 0 aromatic carbocycles. The number of carboxylic acid groups (broad SMARTS) is 3. The minimum atomic E-state index is -1.64. The van der Waals surface area contributed by atoms with Gasteiger partial charge in [-0.1, -0.05) is 211 Å². The molecule has 3 atom stereocenters. The summed E-state index contributed by atoms with van der Waals surface area (Å²) in [6.07, 6.45) is 59.1. The van der Waals surface area contributed by atoms with Crippen LogP contribution in [0.3, 0.4) is 0 Å². The van der Waals surface area contributed by atoms with Crippen molar-refractivity contribution in [3.63, 3.8) is 0 Å². The zero-order valence-electron chi connectivity index (χ0n) is 45.4. The molecule has 0 amide bonds. The lowest BCUT2D eigenvalue weighted by Gasteiger charge is -2.16. The molecule has 0 saturated heterocycles. The van der Waals surface area contributed by atoms with Gasteiger partial charge in [-0.15, -0.1) is 0 Å². The smallest absolute Gasteiger partial charge is 0.303 e. The van der Waals surface area contributed by atoms with Crippen LogP contribution in [0.2, 0.25) is 0 Å². The summed E-state index contributed by atoms with van der Waals surface area (Å²) >= 11 is 0. The fourth-order valence-corrected chi connectivity index (χ4v) is 7.46. The van der Waals surface area contributed by atoms with Crippen molar-refractivity contribution >= 4 is 24.2 Å². The Morgan fingerprint density at radius 1 is 0.343 bits per heavy atom. The maximum absolute atomic E-state index is 10.3. The van der Waals surface area contributed by atoms with Gasteiger partial charge in [0, 0.05) is 19.3 Å². The van der Waals surface area contributed by atoms with E-state index in [4.69, 9.17) is 35.7 Å². The van der Waals surface area contributed by atoms with Gasteiger partial charge in [-0.05, 0) is 96.3 Å². The highest BCUT2D eigenvalue weighted by molar-refractivity contribution is 5.67. The van der Waals surface area contributed by atoms with Crippen LogP contribution in [0, 0.1) is 0 Å². The minimum absolute atomic E-state index is 0.0869. The van der Waals surface area contributed by atoms with Crippen LogP contribution in [0.5, 0.6) is 0 Å². The van der Waals surface area contributed by atoms with Crippen molar-refractivity contribution in [3.8, 4) is 0 Å². The molecule has 0 aliphatic heterocycles. The second-order valence-corrected chi connectivity index (χ2v) is 19.1. The van der Waals surface area contributed by atoms with Gasteiger partial charge >= 0.3 is 17.9 Å². The highest BCUT2D eigenvalue weighted by atomic mass is 16.4. The number of hydrogen-bond donors (Lipinski definition) is 7. The maximum Gasteiger partial charge on any atom is 0.303 e. The van der Waals surface area contributed by atoms with Crippen molar-refractivity contribution < 1.29 is 54.9 Å². The summed E-state index contributed by atoms with van der Waals surface area (Å²) in [6, 6.07) is 0. The molecule has 0 aliphatic rings. The Morgan fingerprint density at radius 2 is 0.543 bits per heavy atom. The van der Waals surface area contributed by atoms with Crippen molar-refractivity contribution in [2.75, 3.05) is 6.61 Å². The molecule has 0 heterocycles. The summed E-state index contributed by atoms with van der Waals surface area (Å²) < 4.78 is 0. The lowest BCUT2D eigenvalue weighted by molar-refractivity contribution is -0.138. The van der Waals surface area contributed by atoms with Crippen LogP contribution in [0.4, 0.5) is 0 Å². The molecular weight excluding hydrogens is 885 g/mol. The summed E-state index contributed by atoms with van der Waals surface area (Å²) in [5, 5.41) is 59.6. The lowest BCUT2D eigenvalue weighted by Crippen LogP contribution is -2.40. The van der Waals surface area contributed by atoms with E-state index >= 15 is 0 Å². The fraction of sp³-hybridized carbons (Fsp3) is 0.831. The number of aliphatic hydroxyl groups is 4. The first-order chi connectivity index (χ1) is 33.9. The zero-order valence-corrected chi connectivity index (χ0v) is 45.4. The number of allylic oxidation sites excluding steroid dienone is 6. The van der Waals surface area contributed by atoms with Gasteiger partial charge in [-0.3, -0.25) is 14.4 Å². The van der Waals surface area contributed by atoms with E-state index in [1.165, 1.54) is 212 Å². The Kier molecular flexibility index (Phi) is 69.6. The largest absolute Gasteiger partial charge is 0.481 e. The van der Waals surface area contributed by atoms with E-state index in [1.54, 1.807) is 0 Å². The normalized spacial score (nSPS) is 12.4. The average molecular weight is 998 g/mol. The quantitative estimate of drug-likeness (QED) is 0.0173. The van der Waals surface area contributed by atoms with Gasteiger partial charge < -0.3 is 40.5 Å². The van der Waals surface area contributed by atoms with Crippen LogP contribution in [0.25, 0.3) is 0 Å². The molecule has 0 unspecified atom stereocenters. The zero-order chi connectivity index (χ0) is 52.8. The predicted octanol–water partition coefficient (Wildman–Crippen LogP) is 15.6. The van der Waals surface area contributed by atoms with E-state index in [1.807, 2.05) is 0 Å². The third-order valence-corrected chi connectivity index (χ3v) is 12.0. The highest BCUT2D eigenvalue weighted by Crippen LogP contribution is 2.13. The van der Waals surface area contributed by atoms with Crippen LogP contribution in [0.1, 0.15) is 290 Å². The first-order valence-corrected chi connectivity index (χ1v) is 28.6. The molecular formula is C59H112O11. The minimum Gasteiger partial charge on any atom is -0.481 e. The SMILES string of the molecule is CCCCCCCC/C=C\CCCCCCCC(=O)O.CCCCCCCC/C=C\CCCCCCCC(=O)O.CCCCCCCC/C=C\CCCCCCCC(=O)O.O=C[C@H](O)[C@H](O)[C@H](O)CO. The maximum atomic E-state index is 10.3. The van der Waals surface area contributed by atoms with E-state index in [2.05, 4.69) is 57.2 Å². The van der Waals surface area contributed by atoms with Gasteiger partial charge in [0.2, 0.25) is 0 Å². The third-order valence-electron chi connectivity index (χ3n) is 12.0. The van der Waals surface area contributed by atoms with Crippen molar-refractivity contribution in [1.29, 1.82) is 0 Å². The standard InChI is InChI=1S/3C18H34O2.C5H10O5/c3*1-2-3-4-5-6-7-8-9-10-11-12-13-14-15-16-17-18(19)20;6-1-3(8)5(10)4(9)2-7/h3*9-10H,2-8,11-17H2,1H3,(H,19,20);1,3-5,7-10H,2H2/b3*10-9-;/t;;;3-,4+,5-/m...0/s1. The molecule has 0 aromatic heterocycles. The van der Waals surface area contributed by atoms with Gasteiger partial charge in [0.05, 0.1) is 6.61 Å². The summed E-state index contributed by atoms with van der Waals surface area (Å²) in [5.74, 6) is -1.99. The van der Waals surface area contributed by atoms with Crippen LogP contribution in [-0.2, 0) is 19.2 Å². The number of rotatable bonds is 49. The Morgan fingerprint density at radius 3 is 0.729 bits per heavy atom. The van der Waals surface area contributed by atoms with E-state index < -0.39 is 42.8 Å². The molecule has 7 N–H and O–H groups in total. The van der Waals surface area contributed by atoms with Gasteiger partial charge in [0.1, 0.15) is 18.3 Å². The number of aliphatic carboxylic acids is 3. The molecule has 414 valence electrons. The second-order valence-electron chi connectivity index (χ2n) is 19.1. The van der Waals surface area contributed by atoms with Crippen molar-refractivity contribution in [2.24, 2.45) is 0 Å². The van der Waals surface area contributed by atoms with E-state index in [0.29, 0.717) is 19.3 Å². The Bertz CT molecular complexity index is 1040. The fourth-order valence-electron chi connectivity index (χ4n) is 7.46. The Balaban J connectivity index is -0.000000426. The number of carbonyl (C=O) groups excluding carboxylic acids is 1. The van der Waals surface area contributed by atoms with Crippen molar-refractivity contribution in [3.05, 3.63) is 36.5 Å². The number of aliphatic hydroxyl groups excluding tert-OH is 4. The van der Waals surface area contributed by atoms with Gasteiger partial charge in [0.25, 0.3) is 0 Å². The first-order valence-electron chi connectivity index (χ1n) is 28.6. The molecule has 0 rings (SSSR count). The predicted molar refractivity (Wildman–Crippen MR) is 292 cm³/mol. The number of carbonyl (C=O) groups is 4. The van der Waals surface area contributed by atoms with Crippen LogP contribution >= 0.6 is 0 Å². The third kappa shape index (κ3) is 74.1. The Hall–Kier alpha value is -2.86. The van der Waals surface area contributed by atoms with E-state index in [9.17, 15) is 19.2 Å². The summed E-state index contributed by atoms with van der Waals surface area (Å²) in [4.78, 5) is 40.7. The monoisotopic (exact) mass is 997 g/mol. The van der Waals surface area contributed by atoms with E-state index in [0.717, 1.165) is 38.5 Å². The van der Waals surface area contributed by atoms with Crippen LogP contribution in [-0.4, -0.2) is 84.9 Å². The molecule has 11 heteroatoms. The molecule has 0 aromatic rings. The average Bonchev–Trinajstić information content (AvgIpc) is 3.34. The van der Waals surface area contributed by atoms with Gasteiger partial charge in [0.15, 0.2) is 6.29 Å². The molecule has 0 radical (unpaired) electrons. The highest BCUT2D eigenvalue weighted by Gasteiger charge is 2.23. The molecule has 0 aliphatic carbocycles. The number of hydrogen-bond acceptors (Lipinski definition) is 8. The molecule has 0 saturated carbocycles. The lowest BCUT2D eigenvalue weighted by atomic mass is 10.1. The summed E-state index contributed by atoms with van der Waals surface area (Å²) in [5.41, 5.74) is 0. The summed E-state index contributed by atoms with van der Waals surface area (Å²) in [7, 11) is 0. The molecule has 0 bridgehead atoms. The van der Waals surface area contributed by atoms with Crippen LogP contribution in [0.15, 0.2) is 36.5 Å². The van der Waals surface area contributed by atoms with Crippen molar-refractivity contribution in [1.82, 2.24) is 0 Å². The van der Waals surface area contributed by atoms with Gasteiger partial charge in [-0.2, -0.15) is 0 Å². The number of unbranched alkanes of at least 4 members (excludes halogenated alkanes) is 33. The number of carboxylic acids is 3. The topological polar surface area (TPSA) is 210 Å². The first kappa shape index (κ1) is 73.7. The van der Waals surface area contributed by atoms with Crippen LogP contribution < -0.4 is 0 Å². The molecule has 70 heavy (non-hydrogen) atoms. The Labute approximate surface area is 429 Å².